The Bertz CT molecular complexity index is 1160. The third-order valence-corrected chi connectivity index (χ3v) is 7.18. The molecule has 0 aromatic heterocycles. The van der Waals surface area contributed by atoms with Crippen LogP contribution >= 0.6 is 34.2 Å². The first-order chi connectivity index (χ1) is 14.2. The topological polar surface area (TPSA) is 66.5 Å². The van der Waals surface area contributed by atoms with Crippen molar-refractivity contribution in [1.82, 2.24) is 0 Å². The van der Waals surface area contributed by atoms with Gasteiger partial charge in [0.1, 0.15) is 6.54 Å². The lowest BCUT2D eigenvalue weighted by Crippen LogP contribution is -2.38. The van der Waals surface area contributed by atoms with E-state index in [1.165, 1.54) is 24.3 Å². The molecule has 156 valence electrons. The van der Waals surface area contributed by atoms with Crippen LogP contribution in [0.15, 0.2) is 71.6 Å². The maximum Gasteiger partial charge on any atom is 0.264 e. The molecule has 3 aromatic carbocycles. The predicted octanol–water partition coefficient (Wildman–Crippen LogP) is 5.40. The summed E-state index contributed by atoms with van der Waals surface area (Å²) in [6.07, 6.45) is 0. The maximum atomic E-state index is 13.3. The van der Waals surface area contributed by atoms with Gasteiger partial charge >= 0.3 is 0 Å². The van der Waals surface area contributed by atoms with Gasteiger partial charge in [0, 0.05) is 14.3 Å². The Morgan fingerprint density at radius 2 is 1.63 bits per heavy atom. The molecule has 0 saturated carbocycles. The minimum Gasteiger partial charge on any atom is -0.324 e. The van der Waals surface area contributed by atoms with E-state index < -0.39 is 15.9 Å². The molecule has 0 aliphatic carbocycles. The molecular formula is C22H20ClIN2O3S. The van der Waals surface area contributed by atoms with Gasteiger partial charge in [0.2, 0.25) is 5.91 Å². The Balaban J connectivity index is 1.94. The van der Waals surface area contributed by atoms with Gasteiger partial charge in [0.05, 0.1) is 10.6 Å². The van der Waals surface area contributed by atoms with Crippen molar-refractivity contribution < 1.29 is 13.2 Å². The van der Waals surface area contributed by atoms with Gasteiger partial charge in [-0.05, 0) is 96.6 Å². The fourth-order valence-corrected chi connectivity index (χ4v) is 5.04. The van der Waals surface area contributed by atoms with Crippen LogP contribution < -0.4 is 9.62 Å². The summed E-state index contributed by atoms with van der Waals surface area (Å²) in [6, 6.07) is 18.5. The number of nitrogens with zero attached hydrogens (tertiary/aromatic N) is 1. The van der Waals surface area contributed by atoms with Crippen molar-refractivity contribution in [2.45, 2.75) is 18.7 Å². The smallest absolute Gasteiger partial charge is 0.264 e. The van der Waals surface area contributed by atoms with Crippen LogP contribution in [0.25, 0.3) is 0 Å². The van der Waals surface area contributed by atoms with E-state index in [1.807, 2.05) is 26.0 Å². The van der Waals surface area contributed by atoms with E-state index in [0.717, 1.165) is 19.0 Å². The van der Waals surface area contributed by atoms with Gasteiger partial charge in [-0.25, -0.2) is 8.42 Å². The number of carbonyl (C=O) groups is 1. The first kappa shape index (κ1) is 22.6. The van der Waals surface area contributed by atoms with Crippen LogP contribution in [0.2, 0.25) is 5.02 Å². The average Bonchev–Trinajstić information content (AvgIpc) is 2.69. The van der Waals surface area contributed by atoms with E-state index in [-0.39, 0.29) is 11.4 Å². The second-order valence-corrected chi connectivity index (χ2v) is 10.4. The molecule has 0 radical (unpaired) electrons. The Morgan fingerprint density at radius 1 is 1.00 bits per heavy atom. The summed E-state index contributed by atoms with van der Waals surface area (Å²) in [6.45, 7) is 3.44. The lowest BCUT2D eigenvalue weighted by molar-refractivity contribution is -0.114. The highest BCUT2D eigenvalue weighted by Crippen LogP contribution is 2.25. The molecule has 0 aliphatic heterocycles. The molecule has 30 heavy (non-hydrogen) atoms. The van der Waals surface area contributed by atoms with Crippen molar-refractivity contribution >= 4 is 61.5 Å². The third-order valence-electron chi connectivity index (χ3n) is 4.47. The van der Waals surface area contributed by atoms with E-state index in [1.54, 1.807) is 30.3 Å². The molecule has 1 N–H and O–H groups in total. The van der Waals surface area contributed by atoms with Crippen LogP contribution in [0.4, 0.5) is 11.4 Å². The maximum absolute atomic E-state index is 13.3. The zero-order chi connectivity index (χ0) is 21.9. The van der Waals surface area contributed by atoms with Gasteiger partial charge in [0.15, 0.2) is 0 Å². The number of anilines is 2. The summed E-state index contributed by atoms with van der Waals surface area (Å²) in [5.74, 6) is -0.433. The second-order valence-electron chi connectivity index (χ2n) is 6.81. The summed E-state index contributed by atoms with van der Waals surface area (Å²) in [5, 5.41) is 3.25. The fraction of sp³-hybridized carbons (Fsp3) is 0.136. The van der Waals surface area contributed by atoms with Gasteiger partial charge in [-0.3, -0.25) is 9.10 Å². The van der Waals surface area contributed by atoms with Crippen LogP contribution in [0, 0.1) is 17.4 Å². The van der Waals surface area contributed by atoms with E-state index in [0.29, 0.717) is 16.4 Å². The molecule has 3 aromatic rings. The molecule has 0 atom stereocenters. The molecular weight excluding hydrogens is 535 g/mol. The number of amides is 1. The summed E-state index contributed by atoms with van der Waals surface area (Å²) in [7, 11) is -3.98. The van der Waals surface area contributed by atoms with Crippen molar-refractivity contribution in [1.29, 1.82) is 0 Å². The number of halogens is 2. The molecule has 5 nitrogen and oxygen atoms in total. The fourth-order valence-electron chi connectivity index (χ4n) is 2.85. The largest absolute Gasteiger partial charge is 0.324 e. The number of benzene rings is 3. The van der Waals surface area contributed by atoms with Crippen molar-refractivity contribution in [3.05, 3.63) is 86.4 Å². The quantitative estimate of drug-likeness (QED) is 0.415. The Hall–Kier alpha value is -2.10. The molecule has 0 unspecified atom stereocenters. The van der Waals surface area contributed by atoms with Crippen LogP contribution in [0.1, 0.15) is 11.1 Å². The SMILES string of the molecule is Cc1ccc(N(CC(=O)Nc2ccc(I)cc2C)S(=O)(=O)c2ccc(Cl)cc2)cc1. The lowest BCUT2D eigenvalue weighted by atomic mass is 10.2. The molecule has 3 rings (SSSR count). The number of carbonyl (C=O) groups excluding carboxylic acids is 1. The standard InChI is InChI=1S/C22H20ClIN2O3S/c1-15-3-8-19(9-4-15)26(30(28,29)20-10-5-17(23)6-11-20)14-22(27)25-21-12-7-18(24)13-16(21)2/h3-13H,14H2,1-2H3,(H,25,27). The Kier molecular flexibility index (Phi) is 7.05. The van der Waals surface area contributed by atoms with Crippen molar-refractivity contribution in [3.63, 3.8) is 0 Å². The van der Waals surface area contributed by atoms with E-state index in [4.69, 9.17) is 11.6 Å². The predicted molar refractivity (Wildman–Crippen MR) is 130 cm³/mol. The lowest BCUT2D eigenvalue weighted by Gasteiger charge is -2.24. The van der Waals surface area contributed by atoms with E-state index in [9.17, 15) is 13.2 Å². The first-order valence-electron chi connectivity index (χ1n) is 9.08. The van der Waals surface area contributed by atoms with Crippen LogP contribution in [-0.4, -0.2) is 20.9 Å². The van der Waals surface area contributed by atoms with Crippen LogP contribution in [-0.2, 0) is 14.8 Å². The zero-order valence-corrected chi connectivity index (χ0v) is 20.1. The van der Waals surface area contributed by atoms with Crippen LogP contribution in [0.5, 0.6) is 0 Å². The minimum absolute atomic E-state index is 0.0609. The molecule has 0 aliphatic rings. The highest BCUT2D eigenvalue weighted by Gasteiger charge is 2.27. The summed E-state index contributed by atoms with van der Waals surface area (Å²) >= 11 is 8.10. The molecule has 1 amide bonds. The van der Waals surface area contributed by atoms with Crippen molar-refractivity contribution in [2.75, 3.05) is 16.2 Å². The number of rotatable bonds is 6. The number of nitrogens with one attached hydrogen (secondary N) is 1. The molecule has 0 bridgehead atoms. The van der Waals surface area contributed by atoms with Crippen molar-refractivity contribution in [2.24, 2.45) is 0 Å². The molecule has 8 heteroatoms. The molecule has 0 spiro atoms. The third kappa shape index (κ3) is 5.33. The van der Waals surface area contributed by atoms with Gasteiger partial charge in [-0.2, -0.15) is 0 Å². The van der Waals surface area contributed by atoms with Gasteiger partial charge in [-0.1, -0.05) is 29.3 Å². The van der Waals surface area contributed by atoms with E-state index in [2.05, 4.69) is 27.9 Å². The normalized spacial score (nSPS) is 11.2. The minimum atomic E-state index is -3.98. The monoisotopic (exact) mass is 554 g/mol. The Morgan fingerprint density at radius 3 is 2.23 bits per heavy atom. The second kappa shape index (κ2) is 9.36. The van der Waals surface area contributed by atoms with E-state index >= 15 is 0 Å². The Labute approximate surface area is 195 Å². The molecule has 0 heterocycles. The zero-order valence-electron chi connectivity index (χ0n) is 16.4. The number of hydrogen-bond donors (Lipinski definition) is 1. The van der Waals surface area contributed by atoms with Gasteiger partial charge in [0.25, 0.3) is 10.0 Å². The number of sulfonamides is 1. The highest BCUT2D eigenvalue weighted by atomic mass is 127. The summed E-state index contributed by atoms with van der Waals surface area (Å²) < 4.78 is 28.8. The highest BCUT2D eigenvalue weighted by molar-refractivity contribution is 14.1. The van der Waals surface area contributed by atoms with Crippen molar-refractivity contribution in [3.8, 4) is 0 Å². The number of aryl methyl sites for hydroxylation is 2. The van der Waals surface area contributed by atoms with Gasteiger partial charge in [-0.15, -0.1) is 0 Å². The summed E-state index contributed by atoms with van der Waals surface area (Å²) in [4.78, 5) is 12.9. The molecule has 0 fully saturated rings. The average molecular weight is 555 g/mol. The van der Waals surface area contributed by atoms with Gasteiger partial charge < -0.3 is 5.32 Å². The summed E-state index contributed by atoms with van der Waals surface area (Å²) in [5.41, 5.74) is 2.94. The van der Waals surface area contributed by atoms with Crippen LogP contribution in [0.3, 0.4) is 0 Å². The first-order valence-corrected chi connectivity index (χ1v) is 12.0. The molecule has 0 saturated heterocycles. The number of hydrogen-bond acceptors (Lipinski definition) is 3.